The number of aryl methyl sites for hydroxylation is 1. The molecule has 1 fully saturated rings. The van der Waals surface area contributed by atoms with Gasteiger partial charge in [-0.1, -0.05) is 32.9 Å². The third-order valence-electron chi connectivity index (χ3n) is 6.24. The lowest BCUT2D eigenvalue weighted by Crippen LogP contribution is -2.41. The molecule has 2 heterocycles. The van der Waals surface area contributed by atoms with E-state index in [0.29, 0.717) is 29.9 Å². The van der Waals surface area contributed by atoms with Gasteiger partial charge in [0.1, 0.15) is 12.4 Å². The number of aromatic hydroxyl groups is 1. The van der Waals surface area contributed by atoms with E-state index in [1.807, 2.05) is 0 Å². The minimum absolute atomic E-state index is 0.128. The summed E-state index contributed by atoms with van der Waals surface area (Å²) in [5.74, 6) is -1.36. The van der Waals surface area contributed by atoms with Crippen molar-refractivity contribution in [2.45, 2.75) is 65.3 Å². The van der Waals surface area contributed by atoms with Gasteiger partial charge in [-0.15, -0.1) is 0 Å². The molecular weight excluding hydrogens is 420 g/mol. The molecule has 1 aromatic carbocycles. The van der Waals surface area contributed by atoms with Crippen molar-refractivity contribution in [1.29, 1.82) is 0 Å². The lowest BCUT2D eigenvalue weighted by atomic mass is 9.86. The number of rotatable bonds is 6. The van der Waals surface area contributed by atoms with Gasteiger partial charge >= 0.3 is 5.97 Å². The van der Waals surface area contributed by atoms with E-state index >= 15 is 0 Å². The number of carboxylic acid groups (broad SMARTS) is 1. The fourth-order valence-corrected chi connectivity index (χ4v) is 4.36. The highest BCUT2D eigenvalue weighted by Crippen LogP contribution is 2.32. The molecule has 0 saturated carbocycles. The zero-order chi connectivity index (χ0) is 24.3. The van der Waals surface area contributed by atoms with Crippen LogP contribution in [0.2, 0.25) is 0 Å². The Morgan fingerprint density at radius 2 is 1.85 bits per heavy atom. The van der Waals surface area contributed by atoms with Crippen molar-refractivity contribution in [2.75, 3.05) is 18.0 Å². The molecule has 0 radical (unpaired) electrons. The average Bonchev–Trinajstić information content (AvgIpc) is 2.74. The maximum Gasteiger partial charge on any atom is 0.322 e. The summed E-state index contributed by atoms with van der Waals surface area (Å²) < 4.78 is 0. The van der Waals surface area contributed by atoms with E-state index in [1.54, 1.807) is 6.92 Å². The number of amides is 1. The maximum atomic E-state index is 12.3. The number of nitrogens with one attached hydrogen (secondary N) is 1. The molecule has 1 aliphatic rings. The Morgan fingerprint density at radius 3 is 2.42 bits per heavy atom. The van der Waals surface area contributed by atoms with Crippen molar-refractivity contribution in [2.24, 2.45) is 5.92 Å². The van der Waals surface area contributed by atoms with Gasteiger partial charge in [0, 0.05) is 24.7 Å². The lowest BCUT2D eigenvalue weighted by molar-refractivity contribution is -0.135. The molecule has 2 aromatic rings. The lowest BCUT2D eigenvalue weighted by Gasteiger charge is -2.39. The van der Waals surface area contributed by atoms with E-state index in [9.17, 15) is 14.7 Å². The highest BCUT2D eigenvalue weighted by atomic mass is 16.4. The first-order valence-electron chi connectivity index (χ1n) is 11.4. The van der Waals surface area contributed by atoms with Crippen LogP contribution in [0.3, 0.4) is 0 Å². The molecule has 33 heavy (non-hydrogen) atoms. The van der Waals surface area contributed by atoms with Gasteiger partial charge in [0.25, 0.3) is 5.91 Å². The molecule has 3 N–H and O–H groups in total. The topological polar surface area (TPSA) is 116 Å². The minimum Gasteiger partial charge on any atom is -0.504 e. The van der Waals surface area contributed by atoms with Gasteiger partial charge in [-0.3, -0.25) is 9.59 Å². The van der Waals surface area contributed by atoms with Crippen LogP contribution >= 0.6 is 0 Å². The molecule has 1 amide bonds. The van der Waals surface area contributed by atoms with Crippen LogP contribution in [0.4, 0.5) is 5.69 Å². The summed E-state index contributed by atoms with van der Waals surface area (Å²) in [4.78, 5) is 34.1. The van der Waals surface area contributed by atoms with Crippen LogP contribution < -0.4 is 10.2 Å². The van der Waals surface area contributed by atoms with Crippen molar-refractivity contribution < 1.29 is 19.8 Å². The molecule has 8 heteroatoms. The number of piperidine rings is 1. The second kappa shape index (κ2) is 9.77. The average molecular weight is 455 g/mol. The summed E-state index contributed by atoms with van der Waals surface area (Å²) in [5.41, 5.74) is 2.80. The van der Waals surface area contributed by atoms with Gasteiger partial charge in [-0.2, -0.15) is 0 Å². The Hall–Kier alpha value is -3.16. The maximum absolute atomic E-state index is 12.3. The fourth-order valence-electron chi connectivity index (χ4n) is 4.36. The molecular formula is C25H34N4O4. The molecule has 0 aliphatic carbocycles. The van der Waals surface area contributed by atoms with Gasteiger partial charge < -0.3 is 20.4 Å². The molecule has 1 saturated heterocycles. The van der Waals surface area contributed by atoms with E-state index in [0.717, 1.165) is 19.4 Å². The number of carboxylic acids is 1. The monoisotopic (exact) mass is 454 g/mol. The van der Waals surface area contributed by atoms with Crippen molar-refractivity contribution >= 4 is 17.6 Å². The van der Waals surface area contributed by atoms with Crippen LogP contribution in [-0.4, -0.2) is 51.2 Å². The minimum atomic E-state index is -1.16. The standard InChI is InChI=1S/C25H34N4O4/c1-15-12-17(10-11-29(15)19-8-6-18(7-9-19)25(3,4)5)13-20-27-16(2)23(32)22(28-20)24(33)26-14-21(30)31/h6-9,15,17,32H,10-14H2,1-5H3,(H,26,33)(H,30,31)/t15-,17+/m0/s1. The fraction of sp³-hybridized carbons (Fsp3) is 0.520. The molecule has 3 rings (SSSR count). The zero-order valence-corrected chi connectivity index (χ0v) is 20.1. The Balaban J connectivity index is 1.67. The van der Waals surface area contributed by atoms with E-state index in [2.05, 4.69) is 72.1 Å². The Labute approximate surface area is 195 Å². The summed E-state index contributed by atoms with van der Waals surface area (Å²) in [7, 11) is 0. The Kier molecular flexibility index (Phi) is 7.25. The first-order valence-corrected chi connectivity index (χ1v) is 11.4. The van der Waals surface area contributed by atoms with E-state index in [1.165, 1.54) is 11.3 Å². The molecule has 1 aromatic heterocycles. The van der Waals surface area contributed by atoms with Crippen LogP contribution in [0.15, 0.2) is 24.3 Å². The number of aromatic nitrogens is 2. The largest absolute Gasteiger partial charge is 0.504 e. The molecule has 0 bridgehead atoms. The predicted octanol–water partition coefficient (Wildman–Crippen LogP) is 3.45. The van der Waals surface area contributed by atoms with E-state index in [-0.39, 0.29) is 16.9 Å². The second-order valence-corrected chi connectivity index (χ2v) is 9.93. The normalized spacial score (nSPS) is 18.8. The van der Waals surface area contributed by atoms with E-state index < -0.39 is 18.4 Å². The number of hydrogen-bond acceptors (Lipinski definition) is 6. The molecule has 0 spiro atoms. The SMILES string of the molecule is Cc1nc(C[C@@H]2CCN(c3ccc(C(C)(C)C)cc3)[C@@H](C)C2)nc(C(=O)NCC(=O)O)c1O. The molecule has 178 valence electrons. The second-order valence-electron chi connectivity index (χ2n) is 9.93. The van der Waals surface area contributed by atoms with Crippen LogP contribution in [0.5, 0.6) is 5.75 Å². The van der Waals surface area contributed by atoms with Gasteiger partial charge in [0.15, 0.2) is 11.4 Å². The first kappa shape index (κ1) is 24.5. The Bertz CT molecular complexity index is 1010. The summed E-state index contributed by atoms with van der Waals surface area (Å²) >= 11 is 0. The number of nitrogens with zero attached hydrogens (tertiary/aromatic N) is 3. The quantitative estimate of drug-likeness (QED) is 0.612. The molecule has 2 atom stereocenters. The van der Waals surface area contributed by atoms with Crippen LogP contribution in [-0.2, 0) is 16.6 Å². The first-order chi connectivity index (χ1) is 15.5. The van der Waals surface area contributed by atoms with Gasteiger partial charge in [0.05, 0.1) is 5.69 Å². The number of carbonyl (C=O) groups excluding carboxylic acids is 1. The van der Waals surface area contributed by atoms with Gasteiger partial charge in [-0.05, 0) is 55.7 Å². The molecule has 0 unspecified atom stereocenters. The van der Waals surface area contributed by atoms with Gasteiger partial charge in [-0.25, -0.2) is 9.97 Å². The molecule has 1 aliphatic heterocycles. The van der Waals surface area contributed by atoms with Crippen LogP contribution in [0, 0.1) is 12.8 Å². The smallest absolute Gasteiger partial charge is 0.322 e. The van der Waals surface area contributed by atoms with Crippen LogP contribution in [0.25, 0.3) is 0 Å². The number of carbonyl (C=O) groups is 2. The third kappa shape index (κ3) is 6.00. The number of benzene rings is 1. The predicted molar refractivity (Wildman–Crippen MR) is 127 cm³/mol. The van der Waals surface area contributed by atoms with Crippen molar-refractivity contribution in [3.63, 3.8) is 0 Å². The Morgan fingerprint density at radius 1 is 1.18 bits per heavy atom. The highest BCUT2D eigenvalue weighted by molar-refractivity contribution is 5.96. The number of aliphatic carboxylic acids is 1. The zero-order valence-electron chi connectivity index (χ0n) is 20.1. The van der Waals surface area contributed by atoms with Crippen molar-refractivity contribution in [1.82, 2.24) is 15.3 Å². The molecule has 8 nitrogen and oxygen atoms in total. The van der Waals surface area contributed by atoms with Crippen molar-refractivity contribution in [3.8, 4) is 5.75 Å². The summed E-state index contributed by atoms with van der Waals surface area (Å²) in [6.07, 6.45) is 2.53. The highest BCUT2D eigenvalue weighted by Gasteiger charge is 2.28. The summed E-state index contributed by atoms with van der Waals surface area (Å²) in [6.45, 7) is 10.9. The van der Waals surface area contributed by atoms with E-state index in [4.69, 9.17) is 5.11 Å². The third-order valence-corrected chi connectivity index (χ3v) is 6.24. The number of anilines is 1. The summed E-state index contributed by atoms with van der Waals surface area (Å²) in [6, 6.07) is 9.16. The number of hydrogen-bond donors (Lipinski definition) is 3. The summed E-state index contributed by atoms with van der Waals surface area (Å²) in [5, 5.41) is 21.2. The van der Waals surface area contributed by atoms with Crippen molar-refractivity contribution in [3.05, 3.63) is 47.0 Å². The van der Waals surface area contributed by atoms with Crippen LogP contribution in [0.1, 0.15) is 68.1 Å². The van der Waals surface area contributed by atoms with Gasteiger partial charge in [0.2, 0.25) is 0 Å².